The smallest absolute Gasteiger partial charge is 0.411 e. The second kappa shape index (κ2) is 9.13. The van der Waals surface area contributed by atoms with E-state index in [0.29, 0.717) is 29.7 Å². The van der Waals surface area contributed by atoms with E-state index >= 15 is 0 Å². The quantitative estimate of drug-likeness (QED) is 0.312. The fraction of sp³-hybridized carbons (Fsp3) is 0.444. The molecule has 1 amide bonds. The normalized spacial score (nSPS) is 19.8. The van der Waals surface area contributed by atoms with E-state index in [4.69, 9.17) is 20.9 Å². The molecule has 1 aliphatic heterocycles. The summed E-state index contributed by atoms with van der Waals surface area (Å²) in [4.78, 5) is 19.0. The van der Waals surface area contributed by atoms with E-state index in [1.54, 1.807) is 11.1 Å². The fourth-order valence-electron chi connectivity index (χ4n) is 5.47. The molecule has 0 atom stereocenters. The molecule has 10 heteroatoms. The average molecular weight is 521 g/mol. The Morgan fingerprint density at radius 3 is 2.65 bits per heavy atom. The summed E-state index contributed by atoms with van der Waals surface area (Å²) < 4.78 is 13.3. The molecule has 192 valence electrons. The number of benzene rings is 1. The second-order valence-electron chi connectivity index (χ2n) is 10.9. The van der Waals surface area contributed by atoms with Gasteiger partial charge in [-0.15, -0.1) is 10.2 Å². The Balaban J connectivity index is 1.29. The number of fused-ring (bicyclic) bond motifs is 4. The van der Waals surface area contributed by atoms with Gasteiger partial charge in [-0.25, -0.2) is 9.78 Å². The number of halogens is 1. The van der Waals surface area contributed by atoms with Crippen molar-refractivity contribution in [3.8, 4) is 5.69 Å². The van der Waals surface area contributed by atoms with E-state index in [-0.39, 0.29) is 12.0 Å². The Kier molecular flexibility index (Phi) is 5.90. The lowest BCUT2D eigenvalue weighted by Crippen LogP contribution is -2.35. The van der Waals surface area contributed by atoms with Crippen LogP contribution >= 0.6 is 11.6 Å². The molecular formula is C27H29ClN6O3. The number of hydrogen-bond acceptors (Lipinski definition) is 7. The highest BCUT2D eigenvalue weighted by molar-refractivity contribution is 6.30. The molecule has 0 unspecified atom stereocenters. The molecular weight excluding hydrogens is 492 g/mol. The van der Waals surface area contributed by atoms with Crippen molar-refractivity contribution in [2.75, 3.05) is 0 Å². The number of aromatic nitrogens is 5. The van der Waals surface area contributed by atoms with Crippen LogP contribution in [-0.2, 0) is 17.8 Å². The molecule has 1 aromatic carbocycles. The first kappa shape index (κ1) is 23.9. The van der Waals surface area contributed by atoms with Crippen LogP contribution in [0.3, 0.4) is 0 Å². The largest absolute Gasteiger partial charge is 0.444 e. The van der Waals surface area contributed by atoms with Crippen LogP contribution in [0.1, 0.15) is 81.2 Å². The number of carbonyl (C=O) groups is 1. The molecule has 1 fully saturated rings. The molecule has 1 saturated carbocycles. The van der Waals surface area contributed by atoms with E-state index in [2.05, 4.69) is 24.9 Å². The lowest BCUT2D eigenvalue weighted by molar-refractivity contribution is 0.0214. The number of pyridine rings is 1. The highest BCUT2D eigenvalue weighted by atomic mass is 35.5. The number of nitrogens with zero attached hydrogens (tertiary/aromatic N) is 6. The molecule has 1 aliphatic carbocycles. The maximum atomic E-state index is 13.0. The molecule has 0 radical (unpaired) electrons. The van der Waals surface area contributed by atoms with E-state index in [9.17, 15) is 4.79 Å². The predicted molar refractivity (Wildman–Crippen MR) is 138 cm³/mol. The summed E-state index contributed by atoms with van der Waals surface area (Å²) in [6, 6.07) is 9.72. The number of hydrogen-bond donors (Lipinski definition) is 0. The zero-order valence-electron chi connectivity index (χ0n) is 21.1. The van der Waals surface area contributed by atoms with Crippen molar-refractivity contribution in [1.29, 1.82) is 0 Å². The van der Waals surface area contributed by atoms with Crippen LogP contribution in [0.2, 0.25) is 5.02 Å². The van der Waals surface area contributed by atoms with Crippen LogP contribution in [0.5, 0.6) is 0 Å². The summed E-state index contributed by atoms with van der Waals surface area (Å²) in [5, 5.41) is 15.2. The van der Waals surface area contributed by atoms with Gasteiger partial charge in [0.2, 0.25) is 0 Å². The molecule has 4 aromatic rings. The Morgan fingerprint density at radius 1 is 1.08 bits per heavy atom. The minimum Gasteiger partial charge on any atom is -0.444 e. The third-order valence-electron chi connectivity index (χ3n) is 7.14. The van der Waals surface area contributed by atoms with Gasteiger partial charge >= 0.3 is 6.09 Å². The molecule has 0 spiro atoms. The molecule has 0 saturated heterocycles. The second-order valence-corrected chi connectivity index (χ2v) is 11.3. The summed E-state index contributed by atoms with van der Waals surface area (Å²) in [5.41, 5.74) is 2.89. The van der Waals surface area contributed by atoms with Gasteiger partial charge in [0.1, 0.15) is 11.4 Å². The van der Waals surface area contributed by atoms with Gasteiger partial charge in [-0.05, 0) is 82.3 Å². The van der Waals surface area contributed by atoms with Gasteiger partial charge in [0.15, 0.2) is 5.82 Å². The summed E-state index contributed by atoms with van der Waals surface area (Å²) in [6.45, 7) is 6.28. The van der Waals surface area contributed by atoms with E-state index in [1.165, 1.54) is 0 Å². The first-order valence-corrected chi connectivity index (χ1v) is 13.1. The van der Waals surface area contributed by atoms with Crippen LogP contribution in [-0.4, -0.2) is 41.5 Å². The number of rotatable bonds is 2. The van der Waals surface area contributed by atoms with Crippen LogP contribution < -0.4 is 0 Å². The molecule has 4 heterocycles. The number of amides is 1. The van der Waals surface area contributed by atoms with Crippen LogP contribution in [0.15, 0.2) is 41.1 Å². The monoisotopic (exact) mass is 520 g/mol. The van der Waals surface area contributed by atoms with Gasteiger partial charge in [-0.3, -0.25) is 9.47 Å². The fourth-order valence-corrected chi connectivity index (χ4v) is 5.66. The first-order chi connectivity index (χ1) is 17.8. The van der Waals surface area contributed by atoms with E-state index in [1.807, 2.05) is 51.1 Å². The van der Waals surface area contributed by atoms with Crippen molar-refractivity contribution in [3.05, 3.63) is 64.5 Å². The maximum Gasteiger partial charge on any atom is 0.411 e. The number of carbonyl (C=O) groups excluding carboxylic acids is 1. The Hall–Kier alpha value is -3.46. The molecule has 37 heavy (non-hydrogen) atoms. The Morgan fingerprint density at radius 2 is 1.86 bits per heavy atom. The minimum atomic E-state index is -0.594. The molecule has 9 nitrogen and oxygen atoms in total. The number of ether oxygens (including phenoxy) is 1. The topological polar surface area (TPSA) is 99.2 Å². The highest BCUT2D eigenvalue weighted by Crippen LogP contribution is 2.42. The third-order valence-corrected chi connectivity index (χ3v) is 7.37. The van der Waals surface area contributed by atoms with Crippen molar-refractivity contribution in [1.82, 2.24) is 29.8 Å². The van der Waals surface area contributed by atoms with Gasteiger partial charge in [0.25, 0.3) is 5.71 Å². The first-order valence-electron chi connectivity index (χ1n) is 12.7. The van der Waals surface area contributed by atoms with Gasteiger partial charge in [-0.1, -0.05) is 16.8 Å². The lowest BCUT2D eigenvalue weighted by Gasteiger charge is -2.27. The van der Waals surface area contributed by atoms with E-state index < -0.39 is 5.60 Å². The van der Waals surface area contributed by atoms with Crippen molar-refractivity contribution in [3.63, 3.8) is 0 Å². The predicted octanol–water partition coefficient (Wildman–Crippen LogP) is 6.15. The van der Waals surface area contributed by atoms with Gasteiger partial charge in [0, 0.05) is 23.1 Å². The SMILES string of the molecule is CC(C)(C)OC(=O)N1Cc2cc(Cl)ccc2-n2c(nnc2C2CCC(c3noc4ncccc34)CC2)C1. The van der Waals surface area contributed by atoms with Crippen molar-refractivity contribution < 1.29 is 14.1 Å². The maximum absolute atomic E-state index is 13.0. The molecule has 2 aliphatic rings. The van der Waals surface area contributed by atoms with E-state index in [0.717, 1.165) is 59.7 Å². The van der Waals surface area contributed by atoms with Gasteiger partial charge in [0.05, 0.1) is 29.9 Å². The summed E-state index contributed by atoms with van der Waals surface area (Å²) in [5.74, 6) is 2.21. The zero-order chi connectivity index (χ0) is 25.7. The van der Waals surface area contributed by atoms with Crippen LogP contribution in [0.4, 0.5) is 4.79 Å². The Labute approximate surface area is 219 Å². The molecule has 6 rings (SSSR count). The average Bonchev–Trinajstić information content (AvgIpc) is 3.43. The summed E-state index contributed by atoms with van der Waals surface area (Å²) in [7, 11) is 0. The van der Waals surface area contributed by atoms with Crippen molar-refractivity contribution in [2.24, 2.45) is 0 Å². The minimum absolute atomic E-state index is 0.241. The standard InChI is InChI=1S/C27H29ClN6O3/c1-27(2,3)36-26(35)33-14-18-13-19(28)10-11-21(18)34-22(15-33)30-31-24(34)17-8-6-16(7-9-17)23-20-5-4-12-29-25(20)37-32-23/h4-5,10-13,16-17H,6-9,14-15H2,1-3H3. The third kappa shape index (κ3) is 4.56. The van der Waals surface area contributed by atoms with Crippen molar-refractivity contribution >= 4 is 28.8 Å². The molecule has 0 bridgehead atoms. The summed E-state index contributed by atoms with van der Waals surface area (Å²) >= 11 is 6.37. The van der Waals surface area contributed by atoms with Crippen LogP contribution in [0, 0.1) is 0 Å². The van der Waals surface area contributed by atoms with Gasteiger partial charge in [-0.2, -0.15) is 0 Å². The van der Waals surface area contributed by atoms with Gasteiger partial charge < -0.3 is 9.26 Å². The molecule has 0 N–H and O–H groups in total. The van der Waals surface area contributed by atoms with Crippen molar-refractivity contribution in [2.45, 2.75) is 77.0 Å². The van der Waals surface area contributed by atoms with Crippen LogP contribution in [0.25, 0.3) is 16.8 Å². The molecule has 3 aromatic heterocycles. The lowest BCUT2D eigenvalue weighted by atomic mass is 9.79. The Bertz CT molecular complexity index is 1460. The highest BCUT2D eigenvalue weighted by Gasteiger charge is 2.34. The summed E-state index contributed by atoms with van der Waals surface area (Å²) in [6.07, 6.45) is 5.19. The zero-order valence-corrected chi connectivity index (χ0v) is 21.9.